The van der Waals surface area contributed by atoms with Crippen LogP contribution in [0.4, 0.5) is 5.13 Å². The largest absolute Gasteiger partial charge is 1.00 e. The summed E-state index contributed by atoms with van der Waals surface area (Å²) in [6.45, 7) is 0. The van der Waals surface area contributed by atoms with Crippen molar-refractivity contribution in [2.24, 2.45) is 5.16 Å². The Kier molecular flexibility index (Phi) is 10.2. The normalized spacial score (nSPS) is 18.8. The van der Waals surface area contributed by atoms with Gasteiger partial charge in [0.25, 0.3) is 11.8 Å². The molecule has 0 spiro atoms. The number of aliphatic carboxylic acids is 1. The van der Waals surface area contributed by atoms with Crippen LogP contribution in [0.15, 0.2) is 26.1 Å². The molecule has 4 rings (SSSR count). The van der Waals surface area contributed by atoms with Crippen molar-refractivity contribution in [2.75, 3.05) is 31.3 Å². The molecule has 0 radical (unpaired) electrons. The summed E-state index contributed by atoms with van der Waals surface area (Å²) in [4.78, 5) is 55.7. The first-order valence-corrected chi connectivity index (χ1v) is 14.1. The van der Waals surface area contributed by atoms with Crippen molar-refractivity contribution in [2.45, 2.75) is 22.2 Å². The van der Waals surface area contributed by atoms with Gasteiger partial charge in [-0.15, -0.1) is 33.3 Å². The summed E-state index contributed by atoms with van der Waals surface area (Å²) in [5.41, 5.74) is 5.39. The van der Waals surface area contributed by atoms with Crippen LogP contribution >= 0.6 is 46.2 Å². The first kappa shape index (κ1) is 30.3. The van der Waals surface area contributed by atoms with E-state index in [1.54, 1.807) is 14.1 Å². The number of carboxylic acids is 1. The fraction of sp³-hybridized carbons (Fsp3) is 0.368. The number of carboxylic acid groups (broad SMARTS) is 1. The average Bonchev–Trinajstić information content (AvgIpc) is 3.49. The maximum absolute atomic E-state index is 12.9. The standard InChI is InChI=1S/C19H20N8O6S4.Na/c1-26(2)10(28)3-9-23-24-19(37-9)36-5-7-4-34-16-12(15(30)27(16)13(7)17(31)32)22-14(29)11(25-33)8-6-35-18(20)21-8;/h6,12,16,33H,3-5H2,1-2H3,(H2,20,21)(H,22,29)(H,31,32);/q;+1/p-1/t12?,16-;/m0./s1. The number of thiazole rings is 1. The van der Waals surface area contributed by atoms with Crippen LogP contribution in [0, 0.1) is 0 Å². The van der Waals surface area contributed by atoms with Gasteiger partial charge in [-0.3, -0.25) is 19.3 Å². The number of anilines is 1. The fourth-order valence-corrected chi connectivity index (χ4v) is 7.33. The van der Waals surface area contributed by atoms with Crippen molar-refractivity contribution in [3.8, 4) is 0 Å². The number of amides is 3. The second kappa shape index (κ2) is 12.8. The molecule has 0 aromatic carbocycles. The SMILES string of the molecule is CN(C)C(=O)Cc1nnc(SCC2=C(C(=O)[O-])N3C(=O)C(NC(=O)C(=NO)c4csc(N)n4)[C@@H]3SC2)s1.[Na+]. The summed E-state index contributed by atoms with van der Waals surface area (Å²) in [6.07, 6.45) is 0.115. The molecule has 1 fully saturated rings. The van der Waals surface area contributed by atoms with Crippen LogP contribution < -0.4 is 45.7 Å². The minimum Gasteiger partial charge on any atom is -0.543 e. The van der Waals surface area contributed by atoms with Gasteiger partial charge in [0.1, 0.15) is 22.1 Å². The predicted octanol–water partition coefficient (Wildman–Crippen LogP) is -4.41. The van der Waals surface area contributed by atoms with E-state index in [0.29, 0.717) is 14.9 Å². The smallest absolute Gasteiger partial charge is 0.543 e. The first-order chi connectivity index (χ1) is 17.6. The number of oxime groups is 1. The predicted molar refractivity (Wildman–Crippen MR) is 135 cm³/mol. The van der Waals surface area contributed by atoms with Gasteiger partial charge in [-0.25, -0.2) is 4.98 Å². The van der Waals surface area contributed by atoms with Gasteiger partial charge in [-0.1, -0.05) is 28.3 Å². The molecule has 4 heterocycles. The third-order valence-corrected chi connectivity index (χ3v) is 9.38. The molecule has 196 valence electrons. The molecule has 19 heteroatoms. The summed E-state index contributed by atoms with van der Waals surface area (Å²) in [6, 6.07) is -1.03. The number of thioether (sulfide) groups is 2. The molecule has 38 heavy (non-hydrogen) atoms. The molecule has 1 unspecified atom stereocenters. The number of aromatic nitrogens is 3. The van der Waals surface area contributed by atoms with Crippen molar-refractivity contribution in [1.29, 1.82) is 0 Å². The summed E-state index contributed by atoms with van der Waals surface area (Å²) in [5.74, 6) is -2.63. The van der Waals surface area contributed by atoms with Gasteiger partial charge in [-0.2, -0.15) is 0 Å². The monoisotopic (exact) mass is 606 g/mol. The Bertz CT molecular complexity index is 1330. The van der Waals surface area contributed by atoms with E-state index in [2.05, 4.69) is 25.7 Å². The number of nitrogens with zero attached hydrogens (tertiary/aromatic N) is 6. The van der Waals surface area contributed by atoms with Crippen molar-refractivity contribution in [3.63, 3.8) is 0 Å². The molecule has 0 bridgehead atoms. The second-order valence-electron chi connectivity index (χ2n) is 7.84. The molecule has 4 N–H and O–H groups in total. The van der Waals surface area contributed by atoms with E-state index in [-0.39, 0.29) is 69.9 Å². The fourth-order valence-electron chi connectivity index (χ4n) is 3.41. The topological polar surface area (TPSA) is 207 Å². The van der Waals surface area contributed by atoms with Crippen LogP contribution in [-0.4, -0.2) is 96.6 Å². The zero-order chi connectivity index (χ0) is 26.9. The van der Waals surface area contributed by atoms with Gasteiger partial charge in [0.15, 0.2) is 15.2 Å². The van der Waals surface area contributed by atoms with Gasteiger partial charge in [0, 0.05) is 31.0 Å². The van der Waals surface area contributed by atoms with Crippen LogP contribution in [0.3, 0.4) is 0 Å². The van der Waals surface area contributed by atoms with E-state index in [0.717, 1.165) is 16.2 Å². The molecule has 0 aliphatic carbocycles. The van der Waals surface area contributed by atoms with Gasteiger partial charge < -0.3 is 31.1 Å². The second-order valence-corrected chi connectivity index (χ2v) is 12.1. The molecule has 2 aromatic heterocycles. The number of hydrogen-bond acceptors (Lipinski definition) is 15. The van der Waals surface area contributed by atoms with Gasteiger partial charge in [0.2, 0.25) is 5.91 Å². The van der Waals surface area contributed by atoms with Crippen LogP contribution in [0.2, 0.25) is 0 Å². The van der Waals surface area contributed by atoms with Crippen molar-refractivity contribution in [1.82, 2.24) is 30.3 Å². The van der Waals surface area contributed by atoms with Crippen LogP contribution in [0.5, 0.6) is 0 Å². The number of carbonyl (C=O) groups is 4. The van der Waals surface area contributed by atoms with E-state index in [4.69, 9.17) is 5.73 Å². The Labute approximate surface area is 254 Å². The summed E-state index contributed by atoms with van der Waals surface area (Å²) >= 11 is 4.80. The molecular weight excluding hydrogens is 588 g/mol. The Balaban J connectivity index is 0.00000400. The molecule has 3 amide bonds. The quantitative estimate of drug-likeness (QED) is 0.0618. The first-order valence-electron chi connectivity index (χ1n) is 10.4. The minimum atomic E-state index is -1.51. The Morgan fingerprint density at radius 2 is 2.11 bits per heavy atom. The van der Waals surface area contributed by atoms with Gasteiger partial charge in [0.05, 0.1) is 18.1 Å². The maximum Gasteiger partial charge on any atom is 1.00 e. The summed E-state index contributed by atoms with van der Waals surface area (Å²) in [5, 5.41) is 36.1. The number of nitrogens with one attached hydrogen (secondary N) is 1. The number of hydrogen-bond donors (Lipinski definition) is 3. The number of nitrogens with two attached hydrogens (primary N) is 1. The van der Waals surface area contributed by atoms with E-state index >= 15 is 0 Å². The van der Waals surface area contributed by atoms with Crippen molar-refractivity contribution < 1.29 is 59.0 Å². The molecule has 1 saturated heterocycles. The van der Waals surface area contributed by atoms with Gasteiger partial charge in [-0.05, 0) is 5.57 Å². The molecule has 2 aromatic rings. The number of likely N-dealkylation sites (N-methyl/N-ethyl adjacent to an activating group) is 1. The summed E-state index contributed by atoms with van der Waals surface area (Å²) in [7, 11) is 3.29. The number of rotatable bonds is 9. The van der Waals surface area contributed by atoms with Crippen LogP contribution in [-0.2, 0) is 25.6 Å². The molecule has 2 atom stereocenters. The minimum absolute atomic E-state index is 0. The van der Waals surface area contributed by atoms with E-state index in [1.165, 1.54) is 45.1 Å². The molecule has 0 saturated carbocycles. The zero-order valence-corrected chi connectivity index (χ0v) is 25.5. The number of β-lactam (4-membered cyclic amide) rings is 1. The number of carbonyl (C=O) groups excluding carboxylic acids is 4. The third-order valence-electron chi connectivity index (χ3n) is 5.23. The molecule has 14 nitrogen and oxygen atoms in total. The van der Waals surface area contributed by atoms with Crippen LogP contribution in [0.25, 0.3) is 0 Å². The van der Waals surface area contributed by atoms with E-state index in [9.17, 15) is 29.5 Å². The number of fused-ring (bicyclic) bond motifs is 1. The third kappa shape index (κ3) is 6.32. The van der Waals surface area contributed by atoms with Crippen LogP contribution in [0.1, 0.15) is 10.7 Å². The molecule has 2 aliphatic heterocycles. The Hall–Kier alpha value is -2.22. The average molecular weight is 607 g/mol. The maximum atomic E-state index is 12.9. The molecular formula is C19H19N8NaO6S4. The van der Waals surface area contributed by atoms with E-state index in [1.807, 2.05) is 0 Å². The Morgan fingerprint density at radius 3 is 2.71 bits per heavy atom. The summed E-state index contributed by atoms with van der Waals surface area (Å²) < 4.78 is 0.553. The molecule has 2 aliphatic rings. The number of nitrogen functional groups attached to an aromatic ring is 1. The zero-order valence-electron chi connectivity index (χ0n) is 20.2. The Morgan fingerprint density at radius 1 is 1.37 bits per heavy atom. The van der Waals surface area contributed by atoms with Gasteiger partial charge >= 0.3 is 29.6 Å². The van der Waals surface area contributed by atoms with Crippen molar-refractivity contribution in [3.05, 3.63) is 27.4 Å². The van der Waals surface area contributed by atoms with Crippen molar-refractivity contribution >= 4 is 80.7 Å². The van der Waals surface area contributed by atoms with E-state index < -0.39 is 34.9 Å².